The first-order valence-electron chi connectivity index (χ1n) is 20.3. The lowest BCUT2D eigenvalue weighted by Gasteiger charge is -2.67. The van der Waals surface area contributed by atoms with Gasteiger partial charge in [0.15, 0.2) is 23.8 Å². The summed E-state index contributed by atoms with van der Waals surface area (Å²) in [6.07, 6.45) is -9.22. The van der Waals surface area contributed by atoms with E-state index in [0.717, 1.165) is 18.7 Å². The smallest absolute Gasteiger partial charge is 0.338 e. The van der Waals surface area contributed by atoms with Crippen molar-refractivity contribution in [2.24, 2.45) is 22.7 Å². The Kier molecular flexibility index (Phi) is 13.0. The van der Waals surface area contributed by atoms with Crippen LogP contribution in [0.1, 0.15) is 85.0 Å². The zero-order chi connectivity index (χ0) is 44.1. The number of hydrogen-bond acceptors (Lipinski definition) is 16. The zero-order valence-electron chi connectivity index (χ0n) is 35.1. The minimum absolute atomic E-state index is 0.0638. The Labute approximate surface area is 353 Å². The number of esters is 3. The Morgan fingerprint density at radius 1 is 1.05 bits per heavy atom. The second-order valence-corrected chi connectivity index (χ2v) is 18.7. The van der Waals surface area contributed by atoms with Gasteiger partial charge in [-0.2, -0.15) is 0 Å². The maximum absolute atomic E-state index is 15.5. The largest absolute Gasteiger partial charge is 0.496 e. The van der Waals surface area contributed by atoms with E-state index in [2.05, 4.69) is 5.32 Å². The molecule has 60 heavy (non-hydrogen) atoms. The molecule has 1 saturated heterocycles. The molecule has 5 aliphatic rings. The molecule has 0 spiro atoms. The van der Waals surface area contributed by atoms with Crippen molar-refractivity contribution < 1.29 is 72.8 Å². The number of fused-ring (bicyclic) bond motifs is 5. The van der Waals surface area contributed by atoms with Crippen LogP contribution in [0.25, 0.3) is 0 Å². The van der Waals surface area contributed by atoms with Crippen molar-refractivity contribution in [2.45, 2.75) is 141 Å². The van der Waals surface area contributed by atoms with Crippen molar-refractivity contribution in [3.8, 4) is 0 Å². The SMILES string of the molecule is CC(=O)O[C@@]12COC1C[C@H](O)[C@@]1(C)C(=O)[C@H](OC(C)O)C3=C(C)[C@@H](OC(=O)[C@H](O)[C@@H](NC(=O)SCC(C)C)C4CC=CO4)C[C@@](O)([C@@H](OC(=O)c4ccccc4)[C@@H]12)C3(C)C. The minimum atomic E-state index is -2.35. The van der Waals surface area contributed by atoms with E-state index in [-0.39, 0.29) is 42.1 Å². The molecule has 1 aromatic carbocycles. The molecule has 3 unspecified atom stereocenters. The Balaban J connectivity index is 1.51. The lowest BCUT2D eigenvalue weighted by Crippen LogP contribution is -2.82. The third-order valence-electron chi connectivity index (χ3n) is 13.0. The number of carbonyl (C=O) groups excluding carboxylic acids is 5. The summed E-state index contributed by atoms with van der Waals surface area (Å²) in [5.74, 6) is -4.54. The summed E-state index contributed by atoms with van der Waals surface area (Å²) >= 11 is 0.982. The van der Waals surface area contributed by atoms with E-state index in [9.17, 15) is 39.6 Å². The number of rotatable bonds is 12. The molecule has 1 aromatic rings. The summed E-state index contributed by atoms with van der Waals surface area (Å²) in [6, 6.07) is 6.62. The van der Waals surface area contributed by atoms with Gasteiger partial charge in [0, 0.05) is 37.4 Å². The quantitative estimate of drug-likeness (QED) is 0.0879. The molecule has 5 N–H and O–H groups in total. The monoisotopic (exact) mass is 859 g/mol. The number of aliphatic hydroxyl groups is 4. The van der Waals surface area contributed by atoms with Crippen molar-refractivity contribution in [3.05, 3.63) is 59.4 Å². The Bertz CT molecular complexity index is 1890. The van der Waals surface area contributed by atoms with Gasteiger partial charge in [-0.15, -0.1) is 0 Å². The highest BCUT2D eigenvalue weighted by Crippen LogP contribution is 2.64. The number of amides is 1. The van der Waals surface area contributed by atoms with Crippen molar-refractivity contribution in [1.82, 2.24) is 5.32 Å². The van der Waals surface area contributed by atoms with Crippen LogP contribution in [0.2, 0.25) is 0 Å². The average molecular weight is 860 g/mol. The van der Waals surface area contributed by atoms with Gasteiger partial charge in [-0.3, -0.25) is 14.4 Å². The van der Waals surface area contributed by atoms with E-state index >= 15 is 4.79 Å². The van der Waals surface area contributed by atoms with Crippen molar-refractivity contribution in [2.75, 3.05) is 12.4 Å². The second-order valence-electron chi connectivity index (χ2n) is 17.7. The first-order chi connectivity index (χ1) is 28.1. The van der Waals surface area contributed by atoms with Crippen LogP contribution >= 0.6 is 11.8 Å². The number of carbonyl (C=O) groups is 5. The summed E-state index contributed by atoms with van der Waals surface area (Å²) in [7, 11) is 0. The number of nitrogens with one attached hydrogen (secondary N) is 1. The van der Waals surface area contributed by atoms with Crippen LogP contribution in [-0.4, -0.2) is 128 Å². The second kappa shape index (κ2) is 17.1. The molecule has 0 radical (unpaired) electrons. The van der Waals surface area contributed by atoms with Crippen LogP contribution < -0.4 is 5.32 Å². The van der Waals surface area contributed by atoms with Crippen LogP contribution in [0.15, 0.2) is 53.8 Å². The van der Waals surface area contributed by atoms with Gasteiger partial charge in [-0.25, -0.2) is 9.59 Å². The first kappa shape index (κ1) is 45.7. The van der Waals surface area contributed by atoms with Gasteiger partial charge < -0.3 is 54.2 Å². The number of aliphatic hydroxyl groups excluding tert-OH is 3. The summed E-state index contributed by atoms with van der Waals surface area (Å²) < 4.78 is 36.0. The van der Waals surface area contributed by atoms with Gasteiger partial charge in [-0.05, 0) is 56.0 Å². The molecule has 6 rings (SSSR count). The number of Topliss-reactive ketones (excluding diaryl/α,β-unsaturated/α-hetero) is 1. The lowest BCUT2D eigenvalue weighted by atomic mass is 9.44. The molecule has 2 aliphatic heterocycles. The first-order valence-corrected chi connectivity index (χ1v) is 21.3. The van der Waals surface area contributed by atoms with Gasteiger partial charge in [0.2, 0.25) is 0 Å². The summed E-state index contributed by atoms with van der Waals surface area (Å²) in [5.41, 5.74) is -7.34. The third-order valence-corrected chi connectivity index (χ3v) is 14.2. The molecule has 2 heterocycles. The van der Waals surface area contributed by atoms with Gasteiger partial charge >= 0.3 is 17.9 Å². The molecule has 17 heteroatoms. The van der Waals surface area contributed by atoms with Crippen molar-refractivity contribution in [1.29, 1.82) is 0 Å². The Morgan fingerprint density at radius 2 is 1.73 bits per heavy atom. The van der Waals surface area contributed by atoms with Gasteiger partial charge in [-0.1, -0.05) is 57.7 Å². The van der Waals surface area contributed by atoms with Gasteiger partial charge in [0.05, 0.1) is 35.9 Å². The molecule has 3 aliphatic carbocycles. The molecule has 2 saturated carbocycles. The number of ketones is 1. The molecule has 1 amide bonds. The van der Waals surface area contributed by atoms with Crippen LogP contribution in [0.5, 0.6) is 0 Å². The number of thioether (sulfide) groups is 1. The maximum atomic E-state index is 15.5. The molecule has 330 valence electrons. The minimum Gasteiger partial charge on any atom is -0.496 e. The van der Waals surface area contributed by atoms with Crippen molar-refractivity contribution in [3.63, 3.8) is 0 Å². The summed E-state index contributed by atoms with van der Waals surface area (Å²) in [6.45, 7) is 12.2. The average Bonchev–Trinajstić information content (AvgIpc) is 3.72. The van der Waals surface area contributed by atoms with E-state index in [1.165, 1.54) is 32.2 Å². The van der Waals surface area contributed by atoms with Crippen LogP contribution in [0.3, 0.4) is 0 Å². The lowest BCUT2D eigenvalue weighted by molar-refractivity contribution is -0.346. The third kappa shape index (κ3) is 7.90. The van der Waals surface area contributed by atoms with Gasteiger partial charge in [0.1, 0.15) is 42.2 Å². The fourth-order valence-corrected chi connectivity index (χ4v) is 10.6. The molecule has 2 bridgehead atoms. The van der Waals surface area contributed by atoms with E-state index < -0.39 is 118 Å². The molecule has 3 fully saturated rings. The summed E-state index contributed by atoms with van der Waals surface area (Å²) in [5, 5.41) is 50.3. The molecule has 13 atom stereocenters. The highest BCUT2D eigenvalue weighted by molar-refractivity contribution is 8.13. The molecular weight excluding hydrogens is 803 g/mol. The summed E-state index contributed by atoms with van der Waals surface area (Å²) in [4.78, 5) is 69.8. The molecular formula is C43H57NO15S. The van der Waals surface area contributed by atoms with E-state index in [0.29, 0.717) is 5.75 Å². The fraction of sp³-hybridized carbons (Fsp3) is 0.651. The molecule has 0 aromatic heterocycles. The Hall–Kier alpha value is -3.84. The number of ether oxygens (including phenoxy) is 6. The zero-order valence-corrected chi connectivity index (χ0v) is 35.9. The molecule has 16 nitrogen and oxygen atoms in total. The van der Waals surface area contributed by atoms with E-state index in [1.54, 1.807) is 45.0 Å². The topological polar surface area (TPSA) is 234 Å². The maximum Gasteiger partial charge on any atom is 0.338 e. The highest BCUT2D eigenvalue weighted by Gasteiger charge is 2.78. The number of benzene rings is 1. The predicted octanol–water partition coefficient (Wildman–Crippen LogP) is 3.13. The normalized spacial score (nSPS) is 35.6. The van der Waals surface area contributed by atoms with Crippen LogP contribution in [-0.2, 0) is 42.8 Å². The van der Waals surface area contributed by atoms with E-state index in [4.69, 9.17) is 28.4 Å². The van der Waals surface area contributed by atoms with Crippen LogP contribution in [0, 0.1) is 22.7 Å². The fourth-order valence-electron chi connectivity index (χ4n) is 9.85. The predicted molar refractivity (Wildman–Crippen MR) is 214 cm³/mol. The van der Waals surface area contributed by atoms with Gasteiger partial charge in [0.25, 0.3) is 5.24 Å². The Morgan fingerprint density at radius 3 is 2.30 bits per heavy atom. The van der Waals surface area contributed by atoms with Crippen molar-refractivity contribution >= 4 is 40.7 Å². The number of hydrogen-bond donors (Lipinski definition) is 5. The van der Waals surface area contributed by atoms with Crippen LogP contribution in [0.4, 0.5) is 4.79 Å². The highest BCUT2D eigenvalue weighted by atomic mass is 32.2. The van der Waals surface area contributed by atoms with E-state index in [1.807, 2.05) is 13.8 Å². The standard InChI is InChI=1S/C43H57NO15S/c1-21(2)19-60-39(52)44-31(26-15-12-16-54-26)32(48)38(51)57-27-18-43(53)36(58-37(50)25-13-10-9-11-14-25)34-41(8,28(47)17-29-42(34,20-55-29)59-24(5)46)35(49)33(56-23(4)45)30(22(27)3)40(43,6)7/h9-14,16,21,23,26-29,31-34,36,45,47-48,53H,15,17-20H2,1-8H3,(H,44,52)/t23?,26?,27-,28-,29?,31-,32+,33+,34-,36-,41+,42-,43+/m0/s1.